The lowest BCUT2D eigenvalue weighted by atomic mass is 10.1. The van der Waals surface area contributed by atoms with E-state index in [-0.39, 0.29) is 17.1 Å². The summed E-state index contributed by atoms with van der Waals surface area (Å²) in [5.74, 6) is 0.762. The van der Waals surface area contributed by atoms with Gasteiger partial charge in [-0.2, -0.15) is 4.98 Å². The van der Waals surface area contributed by atoms with Gasteiger partial charge in [0.15, 0.2) is 5.78 Å². The molecule has 0 unspecified atom stereocenters. The molecule has 0 saturated carbocycles. The fourth-order valence-corrected chi connectivity index (χ4v) is 4.59. The third-order valence-electron chi connectivity index (χ3n) is 4.38. The molecule has 0 fully saturated rings. The van der Waals surface area contributed by atoms with E-state index in [4.69, 9.17) is 4.52 Å². The van der Waals surface area contributed by atoms with Crippen molar-refractivity contribution in [3.05, 3.63) is 83.1 Å². The van der Waals surface area contributed by atoms with Crippen LogP contribution >= 0.6 is 11.3 Å². The molecule has 0 aliphatic heterocycles. The Morgan fingerprint density at radius 3 is 2.53 bits per heavy atom. The minimum Gasteiger partial charge on any atom is -0.339 e. The number of benzene rings is 2. The number of aromatic nitrogens is 2. The summed E-state index contributed by atoms with van der Waals surface area (Å²) in [7, 11) is -3.83. The molecule has 2 aromatic carbocycles. The van der Waals surface area contributed by atoms with Crippen molar-refractivity contribution in [3.63, 3.8) is 0 Å². The number of carbonyl (C=O) groups excluding carboxylic acids is 1. The normalized spacial score (nSPS) is 11.4. The van der Waals surface area contributed by atoms with E-state index in [1.807, 2.05) is 23.6 Å². The van der Waals surface area contributed by atoms with Crippen LogP contribution in [0.15, 0.2) is 75.5 Å². The fraction of sp³-hybridized carbons (Fsp3) is 0.0952. The average molecular weight is 440 g/mol. The Balaban J connectivity index is 1.56. The zero-order valence-corrected chi connectivity index (χ0v) is 17.5. The Bertz CT molecular complexity index is 1280. The van der Waals surface area contributed by atoms with Crippen molar-refractivity contribution in [2.24, 2.45) is 0 Å². The van der Waals surface area contributed by atoms with Crippen molar-refractivity contribution in [1.29, 1.82) is 0 Å². The largest absolute Gasteiger partial charge is 0.339 e. The summed E-state index contributed by atoms with van der Waals surface area (Å²) in [5, 5.41) is 5.92. The zero-order chi connectivity index (χ0) is 21.1. The van der Waals surface area contributed by atoms with Crippen LogP contribution in [0, 0.1) is 0 Å². The highest BCUT2D eigenvalue weighted by Gasteiger charge is 2.18. The molecule has 0 saturated heterocycles. The first kappa shape index (κ1) is 20.0. The number of nitrogens with zero attached hydrogens (tertiary/aromatic N) is 2. The summed E-state index contributed by atoms with van der Waals surface area (Å²) >= 11 is 1.51. The molecule has 0 aliphatic carbocycles. The highest BCUT2D eigenvalue weighted by Crippen LogP contribution is 2.25. The monoisotopic (exact) mass is 439 g/mol. The van der Waals surface area contributed by atoms with Crippen molar-refractivity contribution < 1.29 is 17.7 Å². The second kappa shape index (κ2) is 8.21. The van der Waals surface area contributed by atoms with Crippen LogP contribution in [-0.4, -0.2) is 24.3 Å². The summed E-state index contributed by atoms with van der Waals surface area (Å²) in [5.41, 5.74) is 1.57. The number of hydrogen-bond donors (Lipinski definition) is 1. The minimum absolute atomic E-state index is 0.0695. The van der Waals surface area contributed by atoms with Crippen LogP contribution in [0.3, 0.4) is 0 Å². The topological polar surface area (TPSA) is 102 Å². The lowest BCUT2D eigenvalue weighted by molar-refractivity contribution is 0.101. The molecule has 7 nitrogen and oxygen atoms in total. The van der Waals surface area contributed by atoms with E-state index in [1.54, 1.807) is 18.2 Å². The molecule has 30 heavy (non-hydrogen) atoms. The van der Waals surface area contributed by atoms with E-state index in [1.165, 1.54) is 42.5 Å². The lowest BCUT2D eigenvalue weighted by Gasteiger charge is -2.12. The number of nitrogens with one attached hydrogen (secondary N) is 1. The Morgan fingerprint density at radius 1 is 1.07 bits per heavy atom. The van der Waals surface area contributed by atoms with Crippen LogP contribution in [0.1, 0.15) is 28.7 Å². The van der Waals surface area contributed by atoms with Crippen LogP contribution < -0.4 is 4.72 Å². The zero-order valence-electron chi connectivity index (χ0n) is 15.9. The van der Waals surface area contributed by atoms with Gasteiger partial charge in [-0.15, -0.1) is 11.3 Å². The molecule has 0 radical (unpaired) electrons. The van der Waals surface area contributed by atoms with Crippen molar-refractivity contribution in [1.82, 2.24) is 10.1 Å². The molecule has 4 aromatic rings. The maximum atomic E-state index is 12.8. The van der Waals surface area contributed by atoms with Crippen LogP contribution in [-0.2, 0) is 16.4 Å². The Labute approximate surface area is 177 Å². The number of thiophene rings is 1. The van der Waals surface area contributed by atoms with Crippen molar-refractivity contribution >= 4 is 32.8 Å². The van der Waals surface area contributed by atoms with Gasteiger partial charge in [-0.25, -0.2) is 8.42 Å². The second-order valence-electron chi connectivity index (χ2n) is 6.51. The summed E-state index contributed by atoms with van der Waals surface area (Å²) in [4.78, 5) is 16.8. The number of carbonyl (C=O) groups is 1. The van der Waals surface area contributed by atoms with Gasteiger partial charge in [-0.05, 0) is 42.1 Å². The van der Waals surface area contributed by atoms with Gasteiger partial charge in [0, 0.05) is 5.56 Å². The fourth-order valence-electron chi connectivity index (χ4n) is 2.84. The Hall–Kier alpha value is -3.30. The standard InChI is InChI=1S/C21H17N3O4S2/c1-14(25)15-8-10-17(11-9-15)30(26,27)24-18-6-3-2-5-16(18)13-20-22-21(23-28-20)19-7-4-12-29-19/h2-12,24H,13H2,1H3. The van der Waals surface area contributed by atoms with Gasteiger partial charge in [0.25, 0.3) is 10.0 Å². The Kier molecular flexibility index (Phi) is 5.47. The van der Waals surface area contributed by atoms with Crippen LogP contribution in [0.5, 0.6) is 0 Å². The molecule has 0 amide bonds. The number of hydrogen-bond acceptors (Lipinski definition) is 7. The maximum Gasteiger partial charge on any atom is 0.261 e. The highest BCUT2D eigenvalue weighted by atomic mass is 32.2. The molecular formula is C21H17N3O4S2. The quantitative estimate of drug-likeness (QED) is 0.429. The maximum absolute atomic E-state index is 12.8. The Morgan fingerprint density at radius 2 is 1.83 bits per heavy atom. The molecule has 1 N–H and O–H groups in total. The lowest BCUT2D eigenvalue weighted by Crippen LogP contribution is -2.14. The number of Topliss-reactive ketones (excluding diaryl/α,β-unsaturated/α-hetero) is 1. The average Bonchev–Trinajstić information content (AvgIpc) is 3.41. The third-order valence-corrected chi connectivity index (χ3v) is 6.63. The van der Waals surface area contributed by atoms with Crippen molar-refractivity contribution in [2.45, 2.75) is 18.2 Å². The van der Waals surface area contributed by atoms with E-state index < -0.39 is 10.0 Å². The summed E-state index contributed by atoms with van der Waals surface area (Å²) in [6.07, 6.45) is 0.278. The molecule has 152 valence electrons. The van der Waals surface area contributed by atoms with Crippen molar-refractivity contribution in [2.75, 3.05) is 4.72 Å². The predicted molar refractivity (Wildman–Crippen MR) is 114 cm³/mol. The van der Waals surface area contributed by atoms with E-state index in [2.05, 4.69) is 14.9 Å². The van der Waals surface area contributed by atoms with Crippen LogP contribution in [0.25, 0.3) is 10.7 Å². The van der Waals surface area contributed by atoms with E-state index >= 15 is 0 Å². The number of sulfonamides is 1. The van der Waals surface area contributed by atoms with E-state index in [9.17, 15) is 13.2 Å². The summed E-state index contributed by atoms with van der Waals surface area (Å²) < 4.78 is 33.5. The second-order valence-corrected chi connectivity index (χ2v) is 9.14. The number of ketones is 1. The van der Waals surface area contributed by atoms with E-state index in [0.29, 0.717) is 28.5 Å². The molecule has 0 atom stereocenters. The molecule has 0 spiro atoms. The van der Waals surface area contributed by atoms with Gasteiger partial charge in [0.1, 0.15) is 0 Å². The first-order valence-electron chi connectivity index (χ1n) is 9.00. The molecule has 2 heterocycles. The number of rotatable bonds is 7. The van der Waals surface area contributed by atoms with Gasteiger partial charge in [-0.3, -0.25) is 9.52 Å². The van der Waals surface area contributed by atoms with Crippen LogP contribution in [0.2, 0.25) is 0 Å². The summed E-state index contributed by atoms with van der Waals surface area (Å²) in [6.45, 7) is 1.43. The third kappa shape index (κ3) is 4.32. The minimum atomic E-state index is -3.83. The first-order chi connectivity index (χ1) is 14.4. The molecule has 4 rings (SSSR count). The molecule has 9 heteroatoms. The number of anilines is 1. The van der Waals surface area contributed by atoms with Gasteiger partial charge >= 0.3 is 0 Å². The van der Waals surface area contributed by atoms with Gasteiger partial charge < -0.3 is 4.52 Å². The number of para-hydroxylation sites is 1. The predicted octanol–water partition coefficient (Wildman–Crippen LogP) is 4.39. The van der Waals surface area contributed by atoms with Gasteiger partial charge in [-0.1, -0.05) is 41.6 Å². The molecular weight excluding hydrogens is 422 g/mol. The van der Waals surface area contributed by atoms with Crippen molar-refractivity contribution in [3.8, 4) is 10.7 Å². The highest BCUT2D eigenvalue weighted by molar-refractivity contribution is 7.92. The summed E-state index contributed by atoms with van der Waals surface area (Å²) in [6, 6.07) is 16.6. The molecule has 0 aliphatic rings. The van der Waals surface area contributed by atoms with E-state index in [0.717, 1.165) is 4.88 Å². The van der Waals surface area contributed by atoms with Gasteiger partial charge in [0.05, 0.1) is 21.9 Å². The first-order valence-corrected chi connectivity index (χ1v) is 11.4. The van der Waals surface area contributed by atoms with Crippen LogP contribution in [0.4, 0.5) is 5.69 Å². The SMILES string of the molecule is CC(=O)c1ccc(S(=O)(=O)Nc2ccccc2Cc2nc(-c3cccs3)no2)cc1. The molecule has 0 bridgehead atoms. The van der Waals surface area contributed by atoms with Gasteiger partial charge in [0.2, 0.25) is 11.7 Å². The smallest absolute Gasteiger partial charge is 0.261 e. The molecule has 2 aromatic heterocycles.